The first-order valence-electron chi connectivity index (χ1n) is 5.04. The predicted molar refractivity (Wildman–Crippen MR) is 61.2 cm³/mol. The summed E-state index contributed by atoms with van der Waals surface area (Å²) >= 11 is 0. The Labute approximate surface area is 99.9 Å². The quantitative estimate of drug-likeness (QED) is 0.643. The molecule has 0 spiro atoms. The lowest BCUT2D eigenvalue weighted by atomic mass is 10.2. The van der Waals surface area contributed by atoms with Crippen molar-refractivity contribution in [3.8, 4) is 11.5 Å². The van der Waals surface area contributed by atoms with Crippen molar-refractivity contribution in [1.82, 2.24) is 0 Å². The second-order valence-electron chi connectivity index (χ2n) is 3.91. The first-order chi connectivity index (χ1) is 7.88. The van der Waals surface area contributed by atoms with E-state index in [9.17, 15) is 9.90 Å². The molecule has 17 heavy (non-hydrogen) atoms. The molecule has 1 aromatic carbocycles. The molecule has 0 aliphatic rings. The van der Waals surface area contributed by atoms with Crippen LogP contribution >= 0.6 is 0 Å². The molecule has 0 amide bonds. The number of esters is 1. The zero-order valence-corrected chi connectivity index (χ0v) is 10.3. The number of aromatic hydroxyl groups is 1. The smallest absolute Gasteiger partial charge is 0.338 e. The van der Waals surface area contributed by atoms with E-state index in [0.29, 0.717) is 5.75 Å². The average molecular weight is 240 g/mol. The SMILES string of the molecule is COC(=O)c1cc(O)cc(OC(C)(C)OC)c1. The Morgan fingerprint density at radius 3 is 2.41 bits per heavy atom. The van der Waals surface area contributed by atoms with Crippen LogP contribution < -0.4 is 4.74 Å². The number of benzene rings is 1. The van der Waals surface area contributed by atoms with E-state index < -0.39 is 11.8 Å². The summed E-state index contributed by atoms with van der Waals surface area (Å²) in [6.45, 7) is 3.43. The molecule has 1 rings (SSSR count). The van der Waals surface area contributed by atoms with Gasteiger partial charge in [0, 0.05) is 27.0 Å². The molecular formula is C12H16O5. The van der Waals surface area contributed by atoms with Gasteiger partial charge < -0.3 is 19.3 Å². The summed E-state index contributed by atoms with van der Waals surface area (Å²) < 4.78 is 15.1. The lowest BCUT2D eigenvalue weighted by molar-refractivity contribution is -0.134. The van der Waals surface area contributed by atoms with Crippen LogP contribution in [-0.2, 0) is 9.47 Å². The highest BCUT2D eigenvalue weighted by Gasteiger charge is 2.19. The van der Waals surface area contributed by atoms with Gasteiger partial charge in [0.05, 0.1) is 12.7 Å². The molecule has 1 aromatic rings. The van der Waals surface area contributed by atoms with Gasteiger partial charge in [-0.25, -0.2) is 4.79 Å². The summed E-state index contributed by atoms with van der Waals surface area (Å²) in [5.74, 6) is -1.13. The van der Waals surface area contributed by atoms with Gasteiger partial charge >= 0.3 is 5.97 Å². The standard InChI is InChI=1S/C12H16O5/c1-12(2,16-4)17-10-6-8(11(14)15-3)5-9(13)7-10/h5-7,13H,1-4H3. The third-order valence-corrected chi connectivity index (χ3v) is 2.17. The van der Waals surface area contributed by atoms with Gasteiger partial charge in [-0.15, -0.1) is 0 Å². The Bertz CT molecular complexity index is 411. The van der Waals surface area contributed by atoms with Crippen molar-refractivity contribution < 1.29 is 24.1 Å². The van der Waals surface area contributed by atoms with E-state index in [4.69, 9.17) is 9.47 Å². The van der Waals surface area contributed by atoms with Crippen LogP contribution in [-0.4, -0.2) is 31.1 Å². The van der Waals surface area contributed by atoms with Gasteiger partial charge in [0.2, 0.25) is 5.79 Å². The molecule has 94 valence electrons. The number of phenolic OH excluding ortho intramolecular Hbond substituents is 1. The predicted octanol–water partition coefficient (Wildman–Crippen LogP) is 1.94. The molecule has 0 saturated heterocycles. The summed E-state index contributed by atoms with van der Waals surface area (Å²) in [5.41, 5.74) is 0.217. The molecule has 5 nitrogen and oxygen atoms in total. The van der Waals surface area contributed by atoms with Gasteiger partial charge in [0.1, 0.15) is 11.5 Å². The van der Waals surface area contributed by atoms with Crippen molar-refractivity contribution in [2.24, 2.45) is 0 Å². The van der Waals surface area contributed by atoms with Crippen LogP contribution in [0.2, 0.25) is 0 Å². The fraction of sp³-hybridized carbons (Fsp3) is 0.417. The number of phenols is 1. The third kappa shape index (κ3) is 3.64. The molecule has 0 saturated carbocycles. The lowest BCUT2D eigenvalue weighted by Crippen LogP contribution is -2.30. The van der Waals surface area contributed by atoms with E-state index >= 15 is 0 Å². The molecule has 0 atom stereocenters. The molecule has 1 N–H and O–H groups in total. The van der Waals surface area contributed by atoms with Gasteiger partial charge in [0.25, 0.3) is 0 Å². The molecule has 0 radical (unpaired) electrons. The number of hydrogen-bond donors (Lipinski definition) is 1. The van der Waals surface area contributed by atoms with E-state index in [1.165, 1.54) is 32.4 Å². The van der Waals surface area contributed by atoms with E-state index in [1.807, 2.05) is 0 Å². The van der Waals surface area contributed by atoms with Crippen LogP contribution in [0.25, 0.3) is 0 Å². The topological polar surface area (TPSA) is 65.0 Å². The van der Waals surface area contributed by atoms with Crippen molar-refractivity contribution >= 4 is 5.97 Å². The maximum absolute atomic E-state index is 11.3. The molecule has 0 heterocycles. The van der Waals surface area contributed by atoms with E-state index in [2.05, 4.69) is 4.74 Å². The van der Waals surface area contributed by atoms with E-state index in [1.54, 1.807) is 13.8 Å². The largest absolute Gasteiger partial charge is 0.508 e. The van der Waals surface area contributed by atoms with Gasteiger partial charge in [0.15, 0.2) is 0 Å². The first kappa shape index (κ1) is 13.3. The minimum absolute atomic E-state index is 0.0743. The van der Waals surface area contributed by atoms with Crippen molar-refractivity contribution in [1.29, 1.82) is 0 Å². The first-order valence-corrected chi connectivity index (χ1v) is 5.04. The third-order valence-electron chi connectivity index (χ3n) is 2.17. The van der Waals surface area contributed by atoms with Crippen LogP contribution in [0.4, 0.5) is 0 Å². The van der Waals surface area contributed by atoms with E-state index in [-0.39, 0.29) is 11.3 Å². The van der Waals surface area contributed by atoms with Crippen molar-refractivity contribution in [2.45, 2.75) is 19.6 Å². The molecule has 0 unspecified atom stereocenters. The zero-order chi connectivity index (χ0) is 13.1. The molecule has 0 fully saturated rings. The highest BCUT2D eigenvalue weighted by Crippen LogP contribution is 2.25. The van der Waals surface area contributed by atoms with Crippen molar-refractivity contribution in [3.63, 3.8) is 0 Å². The second kappa shape index (κ2) is 5.05. The Balaban J connectivity index is 3.01. The summed E-state index contributed by atoms with van der Waals surface area (Å²) in [4.78, 5) is 11.3. The van der Waals surface area contributed by atoms with Crippen LogP contribution in [0, 0.1) is 0 Å². The fourth-order valence-corrected chi connectivity index (χ4v) is 1.20. The molecule has 0 aromatic heterocycles. The number of ether oxygens (including phenoxy) is 3. The van der Waals surface area contributed by atoms with Gasteiger partial charge in [-0.3, -0.25) is 0 Å². The normalized spacial score (nSPS) is 11.1. The Kier molecular flexibility index (Phi) is 3.96. The Morgan fingerprint density at radius 2 is 1.88 bits per heavy atom. The number of carbonyl (C=O) groups excluding carboxylic acids is 1. The van der Waals surface area contributed by atoms with E-state index in [0.717, 1.165) is 0 Å². The minimum atomic E-state index is -0.846. The molecule has 0 bridgehead atoms. The van der Waals surface area contributed by atoms with Crippen LogP contribution in [0.3, 0.4) is 0 Å². The summed E-state index contributed by atoms with van der Waals surface area (Å²) in [5, 5.41) is 9.48. The fourth-order valence-electron chi connectivity index (χ4n) is 1.20. The maximum atomic E-state index is 11.3. The highest BCUT2D eigenvalue weighted by molar-refractivity contribution is 5.90. The molecule has 5 heteroatoms. The zero-order valence-electron chi connectivity index (χ0n) is 10.3. The monoisotopic (exact) mass is 240 g/mol. The van der Waals surface area contributed by atoms with Crippen molar-refractivity contribution in [2.75, 3.05) is 14.2 Å². The number of methoxy groups -OCH3 is 2. The Morgan fingerprint density at radius 1 is 1.24 bits per heavy atom. The summed E-state index contributed by atoms with van der Waals surface area (Å²) in [7, 11) is 2.77. The van der Waals surface area contributed by atoms with Crippen LogP contribution in [0.15, 0.2) is 18.2 Å². The number of hydrogen-bond acceptors (Lipinski definition) is 5. The van der Waals surface area contributed by atoms with Gasteiger partial charge in [-0.1, -0.05) is 0 Å². The molecule has 0 aliphatic heterocycles. The minimum Gasteiger partial charge on any atom is -0.508 e. The number of rotatable bonds is 4. The molecule has 0 aliphatic carbocycles. The van der Waals surface area contributed by atoms with Crippen LogP contribution in [0.5, 0.6) is 11.5 Å². The second-order valence-corrected chi connectivity index (χ2v) is 3.91. The summed E-state index contributed by atoms with van der Waals surface area (Å²) in [6.07, 6.45) is 0. The van der Waals surface area contributed by atoms with Gasteiger partial charge in [-0.2, -0.15) is 0 Å². The summed E-state index contributed by atoms with van der Waals surface area (Å²) in [6, 6.07) is 4.18. The van der Waals surface area contributed by atoms with Crippen LogP contribution in [0.1, 0.15) is 24.2 Å². The Hall–Kier alpha value is -1.75. The highest BCUT2D eigenvalue weighted by atomic mass is 16.7. The lowest BCUT2D eigenvalue weighted by Gasteiger charge is -2.24. The van der Waals surface area contributed by atoms with Crippen molar-refractivity contribution in [3.05, 3.63) is 23.8 Å². The molecular weight excluding hydrogens is 224 g/mol. The average Bonchev–Trinajstić information content (AvgIpc) is 2.26. The maximum Gasteiger partial charge on any atom is 0.338 e. The number of carbonyl (C=O) groups is 1. The van der Waals surface area contributed by atoms with Gasteiger partial charge in [-0.05, 0) is 12.1 Å².